The number of anilines is 2. The number of carbonyl (C=O) groups excluding carboxylic acids is 2. The summed E-state index contributed by atoms with van der Waals surface area (Å²) in [4.78, 5) is 41.7. The number of carbonyl (C=O) groups is 2. The van der Waals surface area contributed by atoms with Crippen molar-refractivity contribution in [1.29, 1.82) is 0 Å². The molecule has 0 spiro atoms. The highest BCUT2D eigenvalue weighted by molar-refractivity contribution is 6.05. The van der Waals surface area contributed by atoms with Gasteiger partial charge in [0.2, 0.25) is 0 Å². The first-order valence-corrected chi connectivity index (χ1v) is 10.3. The number of nitrogens with two attached hydrogens (primary N) is 1. The molecule has 3 rings (SSSR count). The minimum Gasteiger partial charge on any atom is -0.382 e. The number of rotatable bonds is 8. The third kappa shape index (κ3) is 5.64. The van der Waals surface area contributed by atoms with E-state index < -0.39 is 5.91 Å². The van der Waals surface area contributed by atoms with Gasteiger partial charge in [0.05, 0.1) is 23.8 Å². The molecule has 0 aliphatic carbocycles. The third-order valence-corrected chi connectivity index (χ3v) is 4.85. The van der Waals surface area contributed by atoms with E-state index in [0.717, 1.165) is 12.1 Å². The van der Waals surface area contributed by atoms with Gasteiger partial charge in [-0.1, -0.05) is 12.1 Å². The van der Waals surface area contributed by atoms with Crippen LogP contribution in [0.15, 0.2) is 55.0 Å². The molecular formula is C23H27N7O2. The Bertz CT molecular complexity index is 1070. The highest BCUT2D eigenvalue weighted by atomic mass is 16.2. The molecule has 0 saturated carbocycles. The molecule has 0 aliphatic heterocycles. The van der Waals surface area contributed by atoms with Gasteiger partial charge in [-0.3, -0.25) is 14.6 Å². The molecule has 0 aliphatic rings. The van der Waals surface area contributed by atoms with Crippen molar-refractivity contribution in [1.82, 2.24) is 24.8 Å². The maximum atomic E-state index is 12.8. The Morgan fingerprint density at radius 1 is 1.06 bits per heavy atom. The standard InChI is InChI=1S/C23H27N7O2/c1-4-30(13-12-29(2)3)23(32)17-9-7-16(8-10-17)19-15-26-21(24)20(28-19)22(31)27-18-6-5-11-25-14-18/h5-11,14-15H,4,12-13H2,1-3H3,(H2,24,26)(H,27,31). The number of benzene rings is 1. The van der Waals surface area contributed by atoms with Crippen molar-refractivity contribution in [2.24, 2.45) is 0 Å². The van der Waals surface area contributed by atoms with Crippen molar-refractivity contribution < 1.29 is 9.59 Å². The van der Waals surface area contributed by atoms with Crippen molar-refractivity contribution >= 4 is 23.3 Å². The van der Waals surface area contributed by atoms with Crippen LogP contribution in [0.4, 0.5) is 11.5 Å². The minimum absolute atomic E-state index is 0.0207. The Kier molecular flexibility index (Phi) is 7.45. The Hall–Kier alpha value is -3.85. The van der Waals surface area contributed by atoms with Gasteiger partial charge >= 0.3 is 0 Å². The van der Waals surface area contributed by atoms with Gasteiger partial charge in [-0.05, 0) is 45.3 Å². The van der Waals surface area contributed by atoms with Gasteiger partial charge in [-0.2, -0.15) is 0 Å². The summed E-state index contributed by atoms with van der Waals surface area (Å²) in [7, 11) is 3.96. The van der Waals surface area contributed by atoms with Gasteiger partial charge in [0.15, 0.2) is 11.5 Å². The lowest BCUT2D eigenvalue weighted by Gasteiger charge is -2.23. The molecule has 0 atom stereocenters. The molecule has 3 N–H and O–H groups in total. The predicted molar refractivity (Wildman–Crippen MR) is 124 cm³/mol. The summed E-state index contributed by atoms with van der Waals surface area (Å²) in [5.74, 6) is -0.474. The number of nitrogen functional groups attached to an aromatic ring is 1. The Morgan fingerprint density at radius 3 is 2.44 bits per heavy atom. The summed E-state index contributed by atoms with van der Waals surface area (Å²) in [5.41, 5.74) is 8.22. The van der Waals surface area contributed by atoms with Crippen LogP contribution >= 0.6 is 0 Å². The van der Waals surface area contributed by atoms with Crippen LogP contribution in [0, 0.1) is 0 Å². The molecular weight excluding hydrogens is 406 g/mol. The molecule has 0 unspecified atom stereocenters. The van der Waals surface area contributed by atoms with Crippen LogP contribution in [-0.4, -0.2) is 70.3 Å². The zero-order valence-corrected chi connectivity index (χ0v) is 18.4. The number of pyridine rings is 1. The number of aromatic nitrogens is 3. The molecule has 2 aromatic heterocycles. The number of likely N-dealkylation sites (N-methyl/N-ethyl adjacent to an activating group) is 2. The number of hydrogen-bond donors (Lipinski definition) is 2. The lowest BCUT2D eigenvalue weighted by atomic mass is 10.1. The van der Waals surface area contributed by atoms with Gasteiger partial charge in [0.25, 0.3) is 11.8 Å². The van der Waals surface area contributed by atoms with E-state index in [9.17, 15) is 9.59 Å². The molecule has 0 saturated heterocycles. The van der Waals surface area contributed by atoms with E-state index in [1.165, 1.54) is 12.4 Å². The Labute approximate surface area is 187 Å². The van der Waals surface area contributed by atoms with Crippen molar-refractivity contribution in [3.8, 4) is 11.3 Å². The lowest BCUT2D eigenvalue weighted by molar-refractivity contribution is 0.0754. The molecule has 9 heteroatoms. The highest BCUT2D eigenvalue weighted by Gasteiger charge is 2.17. The van der Waals surface area contributed by atoms with Crippen molar-refractivity contribution in [3.63, 3.8) is 0 Å². The summed E-state index contributed by atoms with van der Waals surface area (Å²) in [6, 6.07) is 10.5. The van der Waals surface area contributed by atoms with Crippen LogP contribution in [0.3, 0.4) is 0 Å². The molecule has 3 aromatic rings. The summed E-state index contributed by atoms with van der Waals surface area (Å²) in [5, 5.41) is 2.70. The first kappa shape index (κ1) is 22.8. The topological polar surface area (TPSA) is 117 Å². The first-order valence-electron chi connectivity index (χ1n) is 10.3. The maximum Gasteiger partial charge on any atom is 0.278 e. The van der Waals surface area contributed by atoms with Gasteiger partial charge in [0.1, 0.15) is 0 Å². The van der Waals surface area contributed by atoms with E-state index in [1.54, 1.807) is 47.5 Å². The first-order chi connectivity index (χ1) is 15.4. The average Bonchev–Trinajstić information content (AvgIpc) is 2.80. The number of nitrogens with one attached hydrogen (secondary N) is 1. The zero-order chi connectivity index (χ0) is 23.1. The molecule has 2 heterocycles. The number of hydrogen-bond acceptors (Lipinski definition) is 7. The summed E-state index contributed by atoms with van der Waals surface area (Å²) in [6.07, 6.45) is 4.64. The fourth-order valence-corrected chi connectivity index (χ4v) is 3.02. The van der Waals surface area contributed by atoms with E-state index in [2.05, 4.69) is 20.3 Å². The summed E-state index contributed by atoms with van der Waals surface area (Å²) < 4.78 is 0. The largest absolute Gasteiger partial charge is 0.382 e. The zero-order valence-electron chi connectivity index (χ0n) is 18.4. The smallest absolute Gasteiger partial charge is 0.278 e. The van der Waals surface area contributed by atoms with Crippen molar-refractivity contribution in [3.05, 3.63) is 66.2 Å². The predicted octanol–water partition coefficient (Wildman–Crippen LogP) is 2.40. The Balaban J connectivity index is 1.78. The van der Waals surface area contributed by atoms with Crippen LogP contribution in [0.1, 0.15) is 27.8 Å². The molecule has 166 valence electrons. The normalized spacial score (nSPS) is 10.8. The molecule has 32 heavy (non-hydrogen) atoms. The van der Waals surface area contributed by atoms with Gasteiger partial charge in [-0.25, -0.2) is 9.97 Å². The van der Waals surface area contributed by atoms with Crippen LogP contribution in [-0.2, 0) is 0 Å². The minimum atomic E-state index is -0.476. The van der Waals surface area contributed by atoms with E-state index in [1.807, 2.05) is 25.9 Å². The van der Waals surface area contributed by atoms with Crippen LogP contribution < -0.4 is 11.1 Å². The Morgan fingerprint density at radius 2 is 1.81 bits per heavy atom. The van der Waals surface area contributed by atoms with E-state index in [4.69, 9.17) is 5.73 Å². The molecule has 1 aromatic carbocycles. The van der Waals surface area contributed by atoms with Crippen molar-refractivity contribution in [2.45, 2.75) is 6.92 Å². The van der Waals surface area contributed by atoms with Crippen LogP contribution in [0.2, 0.25) is 0 Å². The molecule has 0 radical (unpaired) electrons. The quantitative estimate of drug-likeness (QED) is 0.560. The van der Waals surface area contributed by atoms with Crippen LogP contribution in [0.25, 0.3) is 11.3 Å². The van der Waals surface area contributed by atoms with Gasteiger partial charge in [-0.15, -0.1) is 0 Å². The summed E-state index contributed by atoms with van der Waals surface area (Å²) in [6.45, 7) is 4.04. The number of amides is 2. The van der Waals surface area contributed by atoms with E-state index >= 15 is 0 Å². The van der Waals surface area contributed by atoms with E-state index in [0.29, 0.717) is 30.0 Å². The van der Waals surface area contributed by atoms with Crippen molar-refractivity contribution in [2.75, 3.05) is 44.8 Å². The fourth-order valence-electron chi connectivity index (χ4n) is 3.02. The second-order valence-corrected chi connectivity index (χ2v) is 7.45. The lowest BCUT2D eigenvalue weighted by Crippen LogP contribution is -2.36. The second-order valence-electron chi connectivity index (χ2n) is 7.45. The molecule has 0 bridgehead atoms. The van der Waals surface area contributed by atoms with E-state index in [-0.39, 0.29) is 17.4 Å². The molecule has 0 fully saturated rings. The average molecular weight is 434 g/mol. The molecule has 2 amide bonds. The third-order valence-electron chi connectivity index (χ3n) is 4.85. The summed E-state index contributed by atoms with van der Waals surface area (Å²) >= 11 is 0. The monoisotopic (exact) mass is 433 g/mol. The number of nitrogens with zero attached hydrogens (tertiary/aromatic N) is 5. The van der Waals surface area contributed by atoms with Crippen LogP contribution in [0.5, 0.6) is 0 Å². The van der Waals surface area contributed by atoms with Gasteiger partial charge < -0.3 is 20.9 Å². The second kappa shape index (κ2) is 10.5. The SMILES string of the molecule is CCN(CCN(C)C)C(=O)c1ccc(-c2cnc(N)c(C(=O)Nc3cccnc3)n2)cc1. The maximum absolute atomic E-state index is 12.8. The fraction of sp³-hybridized carbons (Fsp3) is 0.261. The highest BCUT2D eigenvalue weighted by Crippen LogP contribution is 2.20. The molecule has 9 nitrogen and oxygen atoms in total. The van der Waals surface area contributed by atoms with Gasteiger partial charge in [0, 0.05) is 37.0 Å².